The number of carbonyl (C=O) groups excluding carboxylic acids is 1. The second-order valence-electron chi connectivity index (χ2n) is 10.2. The summed E-state index contributed by atoms with van der Waals surface area (Å²) in [7, 11) is 0. The van der Waals surface area contributed by atoms with E-state index in [-0.39, 0.29) is 46.6 Å². The minimum Gasteiger partial charge on any atom is -0.437 e. The molecule has 5 rings (SSSR count). The zero-order valence-corrected chi connectivity index (χ0v) is 22.1. The molecule has 3 aromatic rings. The number of likely N-dealkylation sites (tertiary alicyclic amines) is 1. The van der Waals surface area contributed by atoms with E-state index in [9.17, 15) is 19.1 Å². The molecule has 3 heterocycles. The van der Waals surface area contributed by atoms with Gasteiger partial charge >= 0.3 is 0 Å². The third-order valence-corrected chi connectivity index (χ3v) is 7.95. The average molecular weight is 556 g/mol. The number of nitrogen functional groups attached to an aromatic ring is 1. The first-order valence-corrected chi connectivity index (χ1v) is 13.4. The highest BCUT2D eigenvalue weighted by Crippen LogP contribution is 2.33. The minimum absolute atomic E-state index is 0.0269. The second-order valence-corrected chi connectivity index (χ2v) is 10.6. The van der Waals surface area contributed by atoms with Crippen LogP contribution >= 0.6 is 11.6 Å². The molecule has 0 saturated carbocycles. The number of hydrogen-bond donors (Lipinski definition) is 3. The molecule has 0 bridgehead atoms. The third kappa shape index (κ3) is 5.93. The van der Waals surface area contributed by atoms with Gasteiger partial charge in [0, 0.05) is 37.5 Å². The molecule has 39 heavy (non-hydrogen) atoms. The molecule has 4 N–H and O–H groups in total. The van der Waals surface area contributed by atoms with E-state index < -0.39 is 17.0 Å². The topological polar surface area (TPSA) is 123 Å². The predicted octanol–water partition coefficient (Wildman–Crippen LogP) is 3.16. The maximum Gasteiger partial charge on any atom is 0.280 e. The Morgan fingerprint density at radius 3 is 2.69 bits per heavy atom. The number of halogens is 2. The lowest BCUT2D eigenvalue weighted by Gasteiger charge is -2.41. The fourth-order valence-electron chi connectivity index (χ4n) is 5.39. The molecule has 206 valence electrons. The SMILES string of the molecule is Nc1c(Oc2ccc(Cl)c(F)c2)ncn(CC2(O)CCN(C(=O)[C@@H]3CCNC[C@H]3c3ccccc3)CC2)c1=O. The van der Waals surface area contributed by atoms with Crippen molar-refractivity contribution in [3.05, 3.63) is 81.6 Å². The summed E-state index contributed by atoms with van der Waals surface area (Å²) in [6.45, 7) is 2.30. The lowest BCUT2D eigenvalue weighted by atomic mass is 9.80. The number of nitrogens with one attached hydrogen (secondary N) is 1. The lowest BCUT2D eigenvalue weighted by molar-refractivity contribution is -0.141. The van der Waals surface area contributed by atoms with Crippen LogP contribution in [-0.4, -0.2) is 57.2 Å². The molecule has 1 amide bonds. The Morgan fingerprint density at radius 2 is 1.97 bits per heavy atom. The Bertz CT molecular complexity index is 1390. The van der Waals surface area contributed by atoms with E-state index in [1.807, 2.05) is 23.1 Å². The molecule has 0 aliphatic carbocycles. The van der Waals surface area contributed by atoms with Crippen LogP contribution in [0.4, 0.5) is 10.1 Å². The summed E-state index contributed by atoms with van der Waals surface area (Å²) in [5, 5.41) is 14.6. The number of aromatic nitrogens is 2. The molecular weight excluding hydrogens is 525 g/mol. The Labute approximate surface area is 230 Å². The summed E-state index contributed by atoms with van der Waals surface area (Å²) >= 11 is 5.69. The van der Waals surface area contributed by atoms with Gasteiger partial charge in [-0.1, -0.05) is 41.9 Å². The molecule has 1 aromatic heterocycles. The first kappa shape index (κ1) is 27.1. The first-order chi connectivity index (χ1) is 18.7. The fraction of sp³-hybridized carbons (Fsp3) is 0.393. The number of nitrogens with zero attached hydrogens (tertiary/aromatic N) is 3. The zero-order valence-electron chi connectivity index (χ0n) is 21.4. The maximum atomic E-state index is 13.7. The molecule has 0 spiro atoms. The van der Waals surface area contributed by atoms with Crippen molar-refractivity contribution in [1.29, 1.82) is 0 Å². The molecule has 2 fully saturated rings. The van der Waals surface area contributed by atoms with E-state index in [4.69, 9.17) is 22.1 Å². The number of benzene rings is 2. The van der Waals surface area contributed by atoms with Crippen LogP contribution in [-0.2, 0) is 11.3 Å². The van der Waals surface area contributed by atoms with Gasteiger partial charge in [-0.3, -0.25) is 14.2 Å². The highest BCUT2D eigenvalue weighted by atomic mass is 35.5. The van der Waals surface area contributed by atoms with Crippen LogP contribution in [0.2, 0.25) is 5.02 Å². The van der Waals surface area contributed by atoms with Gasteiger partial charge in [0.25, 0.3) is 5.56 Å². The summed E-state index contributed by atoms with van der Waals surface area (Å²) in [5.41, 5.74) is 5.07. The van der Waals surface area contributed by atoms with Crippen LogP contribution in [0, 0.1) is 11.7 Å². The van der Waals surface area contributed by atoms with Gasteiger partial charge in [-0.05, 0) is 43.5 Å². The largest absolute Gasteiger partial charge is 0.437 e. The number of anilines is 1. The van der Waals surface area contributed by atoms with E-state index in [0.717, 1.165) is 31.1 Å². The fourth-order valence-corrected chi connectivity index (χ4v) is 5.51. The first-order valence-electron chi connectivity index (χ1n) is 13.0. The van der Waals surface area contributed by atoms with Gasteiger partial charge in [0.15, 0.2) is 5.69 Å². The van der Waals surface area contributed by atoms with Gasteiger partial charge in [-0.15, -0.1) is 0 Å². The van der Waals surface area contributed by atoms with Crippen LogP contribution in [0.5, 0.6) is 11.6 Å². The second kappa shape index (κ2) is 11.3. The third-order valence-electron chi connectivity index (χ3n) is 7.64. The Morgan fingerprint density at radius 1 is 1.23 bits per heavy atom. The van der Waals surface area contributed by atoms with Gasteiger partial charge < -0.3 is 25.8 Å². The van der Waals surface area contributed by atoms with Crippen LogP contribution < -0.4 is 21.3 Å². The molecule has 2 aromatic carbocycles. The van der Waals surface area contributed by atoms with Crippen molar-refractivity contribution >= 4 is 23.2 Å². The normalized spacial score (nSPS) is 20.9. The number of ether oxygens (including phenoxy) is 1. The van der Waals surface area contributed by atoms with Crippen LogP contribution in [0.3, 0.4) is 0 Å². The maximum absolute atomic E-state index is 13.7. The quantitative estimate of drug-likeness (QED) is 0.427. The summed E-state index contributed by atoms with van der Waals surface area (Å²) in [6, 6.07) is 13.9. The monoisotopic (exact) mass is 555 g/mol. The van der Waals surface area contributed by atoms with Gasteiger partial charge in [0.2, 0.25) is 11.8 Å². The number of amides is 1. The average Bonchev–Trinajstić information content (AvgIpc) is 2.95. The van der Waals surface area contributed by atoms with Gasteiger partial charge in [-0.25, -0.2) is 9.37 Å². The zero-order chi connectivity index (χ0) is 27.6. The van der Waals surface area contributed by atoms with Crippen molar-refractivity contribution in [2.45, 2.75) is 37.3 Å². The molecule has 2 aliphatic heterocycles. The summed E-state index contributed by atoms with van der Waals surface area (Å²) in [6.07, 6.45) is 2.63. The van der Waals surface area contributed by atoms with Crippen molar-refractivity contribution in [1.82, 2.24) is 19.8 Å². The highest BCUT2D eigenvalue weighted by molar-refractivity contribution is 6.30. The van der Waals surface area contributed by atoms with Crippen LogP contribution in [0.1, 0.15) is 30.7 Å². The Kier molecular flexibility index (Phi) is 7.88. The van der Waals surface area contributed by atoms with E-state index in [0.29, 0.717) is 25.9 Å². The van der Waals surface area contributed by atoms with E-state index >= 15 is 0 Å². The van der Waals surface area contributed by atoms with Crippen molar-refractivity contribution in [2.75, 3.05) is 31.9 Å². The number of piperidine rings is 2. The highest BCUT2D eigenvalue weighted by Gasteiger charge is 2.39. The summed E-state index contributed by atoms with van der Waals surface area (Å²) in [5.74, 6) is -0.661. The van der Waals surface area contributed by atoms with Gasteiger partial charge in [0.05, 0.1) is 17.2 Å². The van der Waals surface area contributed by atoms with Crippen molar-refractivity contribution < 1.29 is 19.0 Å². The molecule has 9 nitrogen and oxygen atoms in total. The molecule has 2 saturated heterocycles. The minimum atomic E-state index is -1.20. The Balaban J connectivity index is 1.23. The van der Waals surface area contributed by atoms with E-state index in [1.54, 1.807) is 0 Å². The molecule has 11 heteroatoms. The molecule has 2 atom stereocenters. The molecule has 0 radical (unpaired) electrons. The molecule has 0 unspecified atom stereocenters. The lowest BCUT2D eigenvalue weighted by Crippen LogP contribution is -2.52. The summed E-state index contributed by atoms with van der Waals surface area (Å²) < 4.78 is 20.4. The smallest absolute Gasteiger partial charge is 0.280 e. The number of carbonyl (C=O) groups is 1. The van der Waals surface area contributed by atoms with Crippen LogP contribution in [0.15, 0.2) is 59.7 Å². The van der Waals surface area contributed by atoms with Crippen LogP contribution in [0.25, 0.3) is 0 Å². The van der Waals surface area contributed by atoms with Crippen molar-refractivity contribution in [3.8, 4) is 11.6 Å². The van der Waals surface area contributed by atoms with Gasteiger partial charge in [-0.2, -0.15) is 0 Å². The van der Waals surface area contributed by atoms with E-state index in [2.05, 4.69) is 22.4 Å². The predicted molar refractivity (Wildman–Crippen MR) is 145 cm³/mol. The van der Waals surface area contributed by atoms with E-state index in [1.165, 1.54) is 23.0 Å². The van der Waals surface area contributed by atoms with Gasteiger partial charge in [0.1, 0.15) is 17.9 Å². The Hall–Kier alpha value is -3.47. The van der Waals surface area contributed by atoms with Crippen molar-refractivity contribution in [2.24, 2.45) is 5.92 Å². The standard InChI is InChI=1S/C28H31ClFN5O4/c29-22-7-6-19(14-23(22)30)39-25-24(31)27(37)35(17-33-25)16-28(38)9-12-34(13-10-28)26(36)20-8-11-32-15-21(20)18-4-2-1-3-5-18/h1-7,14,17,20-21,32,38H,8-13,15-16,31H2/t20-,21+/m1/s1. The number of nitrogens with two attached hydrogens (primary N) is 1. The molecule has 2 aliphatic rings. The molecular formula is C28H31ClFN5O4. The number of aliphatic hydroxyl groups is 1. The number of hydrogen-bond acceptors (Lipinski definition) is 7. The van der Waals surface area contributed by atoms with Crippen molar-refractivity contribution in [3.63, 3.8) is 0 Å². The number of rotatable bonds is 6. The summed E-state index contributed by atoms with van der Waals surface area (Å²) in [4.78, 5) is 32.4.